The van der Waals surface area contributed by atoms with E-state index in [1.807, 2.05) is 6.20 Å². The largest absolute Gasteiger partial charge is 0.361 e. The first-order valence-corrected chi connectivity index (χ1v) is 10.2. The summed E-state index contributed by atoms with van der Waals surface area (Å²) in [6.45, 7) is 4.59. The summed E-state index contributed by atoms with van der Waals surface area (Å²) >= 11 is 0. The normalized spacial score (nSPS) is 13.2. The summed E-state index contributed by atoms with van der Waals surface area (Å²) in [5.74, 6) is 0.318. The zero-order chi connectivity index (χ0) is 19.4. The van der Waals surface area contributed by atoms with Crippen molar-refractivity contribution in [3.05, 3.63) is 35.8 Å². The van der Waals surface area contributed by atoms with E-state index in [0.717, 1.165) is 29.1 Å². The summed E-state index contributed by atoms with van der Waals surface area (Å²) in [5, 5.41) is 7.30. The first-order chi connectivity index (χ1) is 12.1. The lowest BCUT2D eigenvalue weighted by molar-refractivity contribution is 0.446. The average Bonchev–Trinajstić information content (AvgIpc) is 2.90. The van der Waals surface area contributed by atoms with E-state index >= 15 is 0 Å². The molecule has 0 bridgehead atoms. The average molecular weight is 383 g/mol. The quantitative estimate of drug-likeness (QED) is 0.428. The molecule has 144 valence electrons. The number of aromatic nitrogens is 1. The van der Waals surface area contributed by atoms with E-state index in [4.69, 9.17) is 0 Å². The predicted octanol–water partition coefficient (Wildman–Crippen LogP) is 1.34. The van der Waals surface area contributed by atoms with Crippen LogP contribution >= 0.6 is 0 Å². The fourth-order valence-corrected chi connectivity index (χ4v) is 3.82. The second-order valence-electron chi connectivity index (χ2n) is 6.86. The second-order valence-corrected chi connectivity index (χ2v) is 8.61. The number of guanidine groups is 1. The van der Waals surface area contributed by atoms with E-state index < -0.39 is 15.6 Å². The minimum Gasteiger partial charge on any atom is -0.361 e. The molecule has 0 aliphatic rings. The van der Waals surface area contributed by atoms with Crippen molar-refractivity contribution >= 4 is 26.9 Å². The molecule has 1 aromatic carbocycles. The van der Waals surface area contributed by atoms with Gasteiger partial charge in [-0.3, -0.25) is 4.99 Å². The minimum atomic E-state index is -3.29. The molecule has 0 aliphatic carbocycles. The van der Waals surface area contributed by atoms with E-state index in [1.54, 1.807) is 27.0 Å². The standard InChI is InChI=1S/C17H26FN5O2S/c1-17(2,23-26(4,24)25)11-22-16(19-3)20-8-7-12-10-21-15-9-13(18)5-6-14(12)15/h5-6,9-10,21,23H,7-8,11H2,1-4H3,(H2,19,20,22). The highest BCUT2D eigenvalue weighted by Crippen LogP contribution is 2.19. The van der Waals surface area contributed by atoms with Crippen LogP contribution in [0.3, 0.4) is 0 Å². The maximum atomic E-state index is 13.2. The molecule has 9 heteroatoms. The van der Waals surface area contributed by atoms with Crippen LogP contribution in [0.5, 0.6) is 0 Å². The lowest BCUT2D eigenvalue weighted by atomic mass is 10.1. The fraction of sp³-hybridized carbons (Fsp3) is 0.471. The lowest BCUT2D eigenvalue weighted by Crippen LogP contribution is -2.53. The van der Waals surface area contributed by atoms with Gasteiger partial charge in [0.05, 0.1) is 6.26 Å². The number of H-pyrrole nitrogens is 1. The van der Waals surface area contributed by atoms with Crippen LogP contribution in [0.25, 0.3) is 10.9 Å². The van der Waals surface area contributed by atoms with Crippen molar-refractivity contribution in [2.75, 3.05) is 26.4 Å². The van der Waals surface area contributed by atoms with Crippen LogP contribution in [0.1, 0.15) is 19.4 Å². The van der Waals surface area contributed by atoms with Crippen molar-refractivity contribution in [1.29, 1.82) is 0 Å². The van der Waals surface area contributed by atoms with Crippen molar-refractivity contribution in [2.24, 2.45) is 4.99 Å². The number of halogens is 1. The number of hydrogen-bond donors (Lipinski definition) is 4. The topological polar surface area (TPSA) is 98.4 Å². The molecule has 1 aromatic heterocycles. The molecule has 0 amide bonds. The molecule has 0 spiro atoms. The number of hydrogen-bond acceptors (Lipinski definition) is 3. The highest BCUT2D eigenvalue weighted by atomic mass is 32.2. The second kappa shape index (κ2) is 8.05. The maximum Gasteiger partial charge on any atom is 0.209 e. The summed E-state index contributed by atoms with van der Waals surface area (Å²) in [4.78, 5) is 7.21. The third-order valence-corrected chi connectivity index (χ3v) is 4.72. The van der Waals surface area contributed by atoms with E-state index in [1.165, 1.54) is 12.1 Å². The molecule has 1 heterocycles. The Morgan fingerprint density at radius 2 is 2.04 bits per heavy atom. The number of fused-ring (bicyclic) bond motifs is 1. The van der Waals surface area contributed by atoms with E-state index in [0.29, 0.717) is 19.0 Å². The van der Waals surface area contributed by atoms with Gasteiger partial charge >= 0.3 is 0 Å². The number of sulfonamides is 1. The van der Waals surface area contributed by atoms with Crippen molar-refractivity contribution in [3.8, 4) is 0 Å². The van der Waals surface area contributed by atoms with Crippen molar-refractivity contribution in [1.82, 2.24) is 20.3 Å². The Bertz CT molecular complexity index is 890. The summed E-state index contributed by atoms with van der Waals surface area (Å²) in [6.07, 6.45) is 3.74. The van der Waals surface area contributed by atoms with Crippen LogP contribution in [0.15, 0.2) is 29.4 Å². The summed E-state index contributed by atoms with van der Waals surface area (Å²) in [6, 6.07) is 4.69. The molecule has 0 atom stereocenters. The van der Waals surface area contributed by atoms with Crippen LogP contribution in [-0.4, -0.2) is 51.3 Å². The molecule has 2 aromatic rings. The molecular weight excluding hydrogens is 357 g/mol. The third kappa shape index (κ3) is 5.99. The first-order valence-electron chi connectivity index (χ1n) is 8.29. The Morgan fingerprint density at radius 1 is 1.31 bits per heavy atom. The Kier molecular flexibility index (Phi) is 6.25. The van der Waals surface area contributed by atoms with Gasteiger partial charge in [0.1, 0.15) is 5.82 Å². The van der Waals surface area contributed by atoms with Gasteiger partial charge in [-0.1, -0.05) is 0 Å². The number of rotatable bonds is 7. The number of aliphatic imine (C=N–C) groups is 1. The van der Waals surface area contributed by atoms with Gasteiger partial charge in [-0.2, -0.15) is 0 Å². The zero-order valence-electron chi connectivity index (χ0n) is 15.5. The zero-order valence-corrected chi connectivity index (χ0v) is 16.3. The maximum absolute atomic E-state index is 13.2. The Balaban J connectivity index is 1.87. The smallest absolute Gasteiger partial charge is 0.209 e. The molecule has 0 saturated carbocycles. The van der Waals surface area contributed by atoms with Crippen molar-refractivity contribution in [3.63, 3.8) is 0 Å². The predicted molar refractivity (Wildman–Crippen MR) is 103 cm³/mol. The molecule has 4 N–H and O–H groups in total. The van der Waals surface area contributed by atoms with Gasteiger partial charge in [0.2, 0.25) is 10.0 Å². The number of nitrogens with one attached hydrogen (secondary N) is 4. The summed E-state index contributed by atoms with van der Waals surface area (Å²) < 4.78 is 38.6. The molecule has 0 unspecified atom stereocenters. The molecule has 7 nitrogen and oxygen atoms in total. The van der Waals surface area contributed by atoms with Crippen molar-refractivity contribution in [2.45, 2.75) is 25.8 Å². The SMILES string of the molecule is CN=C(NCCc1c[nH]c2cc(F)ccc12)NCC(C)(C)NS(C)(=O)=O. The Hall–Kier alpha value is -2.13. The Morgan fingerprint density at radius 3 is 2.69 bits per heavy atom. The van der Waals surface area contributed by atoms with Crippen molar-refractivity contribution < 1.29 is 12.8 Å². The van der Waals surface area contributed by atoms with Gasteiger partial charge in [0, 0.05) is 42.8 Å². The summed E-state index contributed by atoms with van der Waals surface area (Å²) in [7, 11) is -1.63. The van der Waals surface area contributed by atoms with Crippen LogP contribution < -0.4 is 15.4 Å². The monoisotopic (exact) mass is 383 g/mol. The van der Waals surface area contributed by atoms with Gasteiger partial charge in [0.15, 0.2) is 5.96 Å². The lowest BCUT2D eigenvalue weighted by Gasteiger charge is -2.26. The van der Waals surface area contributed by atoms with Gasteiger partial charge < -0.3 is 15.6 Å². The van der Waals surface area contributed by atoms with Crippen LogP contribution in [0, 0.1) is 5.82 Å². The number of nitrogens with zero attached hydrogens (tertiary/aromatic N) is 1. The summed E-state index contributed by atoms with van der Waals surface area (Å²) in [5.41, 5.74) is 1.21. The van der Waals surface area contributed by atoms with Crippen LogP contribution in [0.4, 0.5) is 4.39 Å². The molecule has 0 saturated heterocycles. The fourth-order valence-electron chi connectivity index (χ4n) is 2.74. The third-order valence-electron chi connectivity index (χ3n) is 3.80. The van der Waals surface area contributed by atoms with Gasteiger partial charge in [-0.05, 0) is 44.0 Å². The van der Waals surface area contributed by atoms with E-state index in [9.17, 15) is 12.8 Å². The number of aromatic amines is 1. The van der Waals surface area contributed by atoms with Gasteiger partial charge in [0.25, 0.3) is 0 Å². The molecule has 0 aliphatic heterocycles. The van der Waals surface area contributed by atoms with E-state index in [2.05, 4.69) is 25.3 Å². The van der Waals surface area contributed by atoms with Crippen LogP contribution in [0.2, 0.25) is 0 Å². The number of benzene rings is 1. The Labute approximate surface area is 153 Å². The molecule has 2 rings (SSSR count). The molecular formula is C17H26FN5O2S. The van der Waals surface area contributed by atoms with Gasteiger partial charge in [-0.15, -0.1) is 0 Å². The van der Waals surface area contributed by atoms with Gasteiger partial charge in [-0.25, -0.2) is 17.5 Å². The van der Waals surface area contributed by atoms with E-state index in [-0.39, 0.29) is 5.82 Å². The molecule has 26 heavy (non-hydrogen) atoms. The highest BCUT2D eigenvalue weighted by Gasteiger charge is 2.22. The molecule has 0 radical (unpaired) electrons. The van der Waals surface area contributed by atoms with Crippen LogP contribution in [-0.2, 0) is 16.4 Å². The molecule has 0 fully saturated rings. The highest BCUT2D eigenvalue weighted by molar-refractivity contribution is 7.88. The minimum absolute atomic E-state index is 0.265. The first kappa shape index (κ1) is 20.2.